The Labute approximate surface area is 108 Å². The largest absolute Gasteiger partial charge is 0.455 e. The number of halogens is 1. The zero-order chi connectivity index (χ0) is 13.7. The molecular formula is C13H11FN2O3. The van der Waals surface area contributed by atoms with Gasteiger partial charge in [-0.3, -0.25) is 0 Å². The number of hydrogen-bond donors (Lipinski definition) is 1. The van der Waals surface area contributed by atoms with Crippen molar-refractivity contribution in [1.82, 2.24) is 5.43 Å². The molecule has 1 aromatic carbocycles. The normalized spacial score (nSPS) is 10.6. The van der Waals surface area contributed by atoms with E-state index < -0.39 is 6.09 Å². The highest BCUT2D eigenvalue weighted by atomic mass is 19.1. The van der Waals surface area contributed by atoms with E-state index in [-0.39, 0.29) is 5.82 Å². The van der Waals surface area contributed by atoms with E-state index in [0.29, 0.717) is 11.5 Å². The number of carbonyl (C=O) groups excluding carboxylic acids is 1. The number of ether oxygens (including phenoxy) is 1. The van der Waals surface area contributed by atoms with Crippen LogP contribution in [0.5, 0.6) is 0 Å². The van der Waals surface area contributed by atoms with Gasteiger partial charge in [0.1, 0.15) is 17.3 Å². The van der Waals surface area contributed by atoms with Crippen LogP contribution in [0.15, 0.2) is 45.9 Å². The lowest BCUT2D eigenvalue weighted by molar-refractivity contribution is 0.171. The molecule has 0 bridgehead atoms. The van der Waals surface area contributed by atoms with Crippen molar-refractivity contribution < 1.29 is 18.3 Å². The van der Waals surface area contributed by atoms with Crippen LogP contribution < -0.4 is 5.43 Å². The molecule has 5 nitrogen and oxygen atoms in total. The van der Waals surface area contributed by atoms with E-state index >= 15 is 0 Å². The Morgan fingerprint density at radius 2 is 2.05 bits per heavy atom. The van der Waals surface area contributed by atoms with Crippen molar-refractivity contribution in [3.63, 3.8) is 0 Å². The van der Waals surface area contributed by atoms with Crippen molar-refractivity contribution in [2.75, 3.05) is 7.11 Å². The van der Waals surface area contributed by atoms with Gasteiger partial charge in [0.25, 0.3) is 0 Å². The average molecular weight is 262 g/mol. The van der Waals surface area contributed by atoms with Crippen LogP contribution in [0.1, 0.15) is 5.76 Å². The first-order valence-corrected chi connectivity index (χ1v) is 5.42. The highest BCUT2D eigenvalue weighted by molar-refractivity contribution is 5.78. The highest BCUT2D eigenvalue weighted by Crippen LogP contribution is 2.21. The van der Waals surface area contributed by atoms with Crippen LogP contribution in [0.2, 0.25) is 0 Å². The third kappa shape index (κ3) is 3.41. The van der Waals surface area contributed by atoms with Gasteiger partial charge in [-0.15, -0.1) is 0 Å². The number of carbonyl (C=O) groups is 1. The van der Waals surface area contributed by atoms with Gasteiger partial charge in [0.05, 0.1) is 13.3 Å². The molecule has 0 atom stereocenters. The van der Waals surface area contributed by atoms with Crippen LogP contribution in [0.3, 0.4) is 0 Å². The zero-order valence-electron chi connectivity index (χ0n) is 10.1. The van der Waals surface area contributed by atoms with Gasteiger partial charge in [0, 0.05) is 5.56 Å². The predicted octanol–water partition coefficient (Wildman–Crippen LogP) is 2.78. The number of hydrogen-bond acceptors (Lipinski definition) is 4. The van der Waals surface area contributed by atoms with E-state index in [9.17, 15) is 9.18 Å². The summed E-state index contributed by atoms with van der Waals surface area (Å²) in [5, 5.41) is 3.63. The molecule has 2 rings (SSSR count). The van der Waals surface area contributed by atoms with Gasteiger partial charge < -0.3 is 9.15 Å². The average Bonchev–Trinajstić information content (AvgIpc) is 2.88. The summed E-state index contributed by atoms with van der Waals surface area (Å²) in [6, 6.07) is 9.34. The van der Waals surface area contributed by atoms with E-state index in [1.165, 1.54) is 25.5 Å². The number of hydrazone groups is 1. The van der Waals surface area contributed by atoms with Crippen molar-refractivity contribution in [2.45, 2.75) is 0 Å². The Morgan fingerprint density at radius 1 is 1.32 bits per heavy atom. The minimum absolute atomic E-state index is 0.306. The van der Waals surface area contributed by atoms with Crippen LogP contribution in [0.25, 0.3) is 11.3 Å². The molecule has 0 spiro atoms. The van der Waals surface area contributed by atoms with Crippen LogP contribution in [0.4, 0.5) is 9.18 Å². The fraction of sp³-hybridized carbons (Fsp3) is 0.0769. The fourth-order valence-electron chi connectivity index (χ4n) is 1.39. The van der Waals surface area contributed by atoms with Crippen LogP contribution in [-0.4, -0.2) is 19.4 Å². The van der Waals surface area contributed by atoms with Gasteiger partial charge in [-0.25, -0.2) is 14.6 Å². The third-order valence-electron chi connectivity index (χ3n) is 2.29. The number of methoxy groups -OCH3 is 1. The number of benzene rings is 1. The Balaban J connectivity index is 2.06. The second kappa shape index (κ2) is 5.81. The number of furan rings is 1. The monoisotopic (exact) mass is 262 g/mol. The Hall–Kier alpha value is -2.63. The summed E-state index contributed by atoms with van der Waals surface area (Å²) in [6.45, 7) is 0. The second-order valence-corrected chi connectivity index (χ2v) is 3.57. The molecule has 6 heteroatoms. The van der Waals surface area contributed by atoms with Crippen molar-refractivity contribution in [1.29, 1.82) is 0 Å². The van der Waals surface area contributed by atoms with Gasteiger partial charge >= 0.3 is 6.09 Å². The molecule has 0 radical (unpaired) electrons. The van der Waals surface area contributed by atoms with Crippen LogP contribution >= 0.6 is 0 Å². The zero-order valence-corrected chi connectivity index (χ0v) is 10.1. The standard InChI is InChI=1S/C13H11FN2O3/c1-18-13(17)16-15-8-11-6-7-12(19-11)9-2-4-10(14)5-3-9/h2-8H,1H3,(H,16,17). The lowest BCUT2D eigenvalue weighted by Gasteiger charge is -1.96. The molecule has 1 heterocycles. The molecule has 0 unspecified atom stereocenters. The maximum atomic E-state index is 12.8. The fourth-order valence-corrected chi connectivity index (χ4v) is 1.39. The van der Waals surface area contributed by atoms with E-state index in [1.807, 2.05) is 0 Å². The first-order valence-electron chi connectivity index (χ1n) is 5.42. The van der Waals surface area contributed by atoms with Crippen LogP contribution in [-0.2, 0) is 4.74 Å². The maximum Gasteiger partial charge on any atom is 0.427 e. The molecule has 0 fully saturated rings. The molecule has 98 valence electrons. The summed E-state index contributed by atoms with van der Waals surface area (Å²) in [6.07, 6.45) is 0.672. The SMILES string of the molecule is COC(=O)NN=Cc1ccc(-c2ccc(F)cc2)o1. The molecular weight excluding hydrogens is 251 g/mol. The van der Waals surface area contributed by atoms with Crippen molar-refractivity contribution >= 4 is 12.3 Å². The molecule has 0 aliphatic carbocycles. The van der Waals surface area contributed by atoms with E-state index in [4.69, 9.17) is 4.42 Å². The summed E-state index contributed by atoms with van der Waals surface area (Å²) >= 11 is 0. The molecule has 0 aliphatic heterocycles. The molecule has 0 saturated carbocycles. The quantitative estimate of drug-likeness (QED) is 0.683. The van der Waals surface area contributed by atoms with E-state index in [1.54, 1.807) is 24.3 Å². The molecule has 0 saturated heterocycles. The molecule has 1 amide bonds. The molecule has 2 aromatic rings. The van der Waals surface area contributed by atoms with Gasteiger partial charge in [0.15, 0.2) is 0 Å². The molecule has 1 N–H and O–H groups in total. The molecule has 0 aliphatic rings. The lowest BCUT2D eigenvalue weighted by Crippen LogP contribution is -2.16. The second-order valence-electron chi connectivity index (χ2n) is 3.57. The highest BCUT2D eigenvalue weighted by Gasteiger charge is 2.03. The number of rotatable bonds is 3. The molecule has 1 aromatic heterocycles. The Kier molecular flexibility index (Phi) is 3.92. The number of nitrogens with zero attached hydrogens (tertiary/aromatic N) is 1. The minimum atomic E-state index is -0.665. The summed E-state index contributed by atoms with van der Waals surface area (Å²) < 4.78 is 22.6. The minimum Gasteiger partial charge on any atom is -0.455 e. The summed E-state index contributed by atoms with van der Waals surface area (Å²) in [4.78, 5) is 10.7. The summed E-state index contributed by atoms with van der Waals surface area (Å²) in [7, 11) is 1.24. The third-order valence-corrected chi connectivity index (χ3v) is 2.29. The van der Waals surface area contributed by atoms with Crippen LogP contribution in [0, 0.1) is 5.82 Å². The van der Waals surface area contributed by atoms with Gasteiger partial charge in [-0.05, 0) is 36.4 Å². The Morgan fingerprint density at radius 3 is 2.74 bits per heavy atom. The van der Waals surface area contributed by atoms with Gasteiger partial charge in [0.2, 0.25) is 0 Å². The smallest absolute Gasteiger partial charge is 0.427 e. The predicted molar refractivity (Wildman–Crippen MR) is 67.2 cm³/mol. The topological polar surface area (TPSA) is 63.8 Å². The number of nitrogens with one attached hydrogen (secondary N) is 1. The summed E-state index contributed by atoms with van der Waals surface area (Å²) in [5.74, 6) is 0.731. The molecule has 19 heavy (non-hydrogen) atoms. The van der Waals surface area contributed by atoms with Crippen molar-refractivity contribution in [2.24, 2.45) is 5.10 Å². The maximum absolute atomic E-state index is 12.8. The first kappa shape index (κ1) is 12.8. The van der Waals surface area contributed by atoms with Crippen molar-refractivity contribution in [3.8, 4) is 11.3 Å². The Bertz CT molecular complexity index is 590. The van der Waals surface area contributed by atoms with E-state index in [2.05, 4.69) is 15.3 Å². The van der Waals surface area contributed by atoms with E-state index in [0.717, 1.165) is 5.56 Å². The first-order chi connectivity index (χ1) is 9.19. The number of amides is 1. The van der Waals surface area contributed by atoms with Gasteiger partial charge in [-0.2, -0.15) is 5.10 Å². The lowest BCUT2D eigenvalue weighted by atomic mass is 10.2. The van der Waals surface area contributed by atoms with Crippen molar-refractivity contribution in [3.05, 3.63) is 48.0 Å². The summed E-state index contributed by atoms with van der Waals surface area (Å²) in [5.41, 5.74) is 2.89. The van der Waals surface area contributed by atoms with Gasteiger partial charge in [-0.1, -0.05) is 0 Å².